The third kappa shape index (κ3) is 7.43. The summed E-state index contributed by atoms with van der Waals surface area (Å²) >= 11 is 0. The van der Waals surface area contributed by atoms with Gasteiger partial charge in [-0.25, -0.2) is 0 Å². The summed E-state index contributed by atoms with van der Waals surface area (Å²) in [5, 5.41) is 8.63. The number of rotatable bonds is 6. The number of likely N-dealkylation sites (N-methyl/N-ethyl adjacent to an activating group) is 1. The van der Waals surface area contributed by atoms with Crippen LogP contribution in [0.5, 0.6) is 0 Å². The molecule has 0 aliphatic heterocycles. The summed E-state index contributed by atoms with van der Waals surface area (Å²) in [5.41, 5.74) is 1.16. The minimum atomic E-state index is -0.133. The smallest absolute Gasteiger partial charge is 0.251 e. The van der Waals surface area contributed by atoms with Gasteiger partial charge in [0.1, 0.15) is 0 Å². The van der Waals surface area contributed by atoms with Gasteiger partial charge in [-0.1, -0.05) is 20.8 Å². The molecule has 0 unspecified atom stereocenters. The molecule has 22 heavy (non-hydrogen) atoms. The van der Waals surface area contributed by atoms with Crippen LogP contribution in [0.1, 0.15) is 41.5 Å². The van der Waals surface area contributed by atoms with E-state index in [1.165, 1.54) is 0 Å². The molecule has 124 valence electrons. The summed E-state index contributed by atoms with van der Waals surface area (Å²) < 4.78 is 0. The van der Waals surface area contributed by atoms with E-state index in [-0.39, 0.29) is 29.6 Å². The number of carbonyl (C=O) groups excluding carboxylic acids is 2. The first-order chi connectivity index (χ1) is 9.83. The van der Waals surface area contributed by atoms with Crippen LogP contribution in [0, 0.1) is 5.41 Å². The molecule has 0 saturated heterocycles. The lowest BCUT2D eigenvalue weighted by Gasteiger charge is -2.18. The minimum Gasteiger partial charge on any atom is -0.352 e. The Hall–Kier alpha value is -1.59. The van der Waals surface area contributed by atoms with E-state index in [1.807, 2.05) is 7.05 Å². The standard InChI is InChI=1S/C16H25N3O2.ClH/c1-16(2,3)11-19-15(21)13-7-5-12(6-8-13)14(20)18-10-9-17-4;/h5-8,17H,9-11H2,1-4H3,(H,18,20)(H,19,21);1H. The first-order valence-corrected chi connectivity index (χ1v) is 7.14. The average Bonchev–Trinajstić information content (AvgIpc) is 2.44. The average molecular weight is 328 g/mol. The van der Waals surface area contributed by atoms with Crippen molar-refractivity contribution in [2.75, 3.05) is 26.7 Å². The summed E-state index contributed by atoms with van der Waals surface area (Å²) in [6, 6.07) is 6.68. The molecular weight excluding hydrogens is 302 g/mol. The predicted octanol–water partition coefficient (Wildman–Crippen LogP) is 1.83. The highest BCUT2D eigenvalue weighted by Crippen LogP contribution is 2.11. The third-order valence-electron chi connectivity index (χ3n) is 2.85. The van der Waals surface area contributed by atoms with Gasteiger partial charge >= 0.3 is 0 Å². The van der Waals surface area contributed by atoms with E-state index in [0.717, 1.165) is 6.54 Å². The second-order valence-electron chi connectivity index (χ2n) is 6.18. The number of benzene rings is 1. The van der Waals surface area contributed by atoms with Crippen LogP contribution >= 0.6 is 12.4 Å². The van der Waals surface area contributed by atoms with Crippen molar-refractivity contribution in [3.8, 4) is 0 Å². The second-order valence-corrected chi connectivity index (χ2v) is 6.18. The van der Waals surface area contributed by atoms with Crippen molar-refractivity contribution in [3.63, 3.8) is 0 Å². The molecule has 0 aliphatic carbocycles. The molecule has 0 saturated carbocycles. The zero-order valence-electron chi connectivity index (χ0n) is 13.7. The topological polar surface area (TPSA) is 70.2 Å². The molecule has 5 nitrogen and oxygen atoms in total. The van der Waals surface area contributed by atoms with Gasteiger partial charge in [-0.15, -0.1) is 12.4 Å². The monoisotopic (exact) mass is 327 g/mol. The largest absolute Gasteiger partial charge is 0.352 e. The van der Waals surface area contributed by atoms with E-state index in [2.05, 4.69) is 36.7 Å². The van der Waals surface area contributed by atoms with Crippen molar-refractivity contribution in [1.82, 2.24) is 16.0 Å². The van der Waals surface area contributed by atoms with Gasteiger partial charge in [0.05, 0.1) is 0 Å². The molecule has 0 radical (unpaired) electrons. The van der Waals surface area contributed by atoms with Crippen molar-refractivity contribution in [3.05, 3.63) is 35.4 Å². The third-order valence-corrected chi connectivity index (χ3v) is 2.85. The quantitative estimate of drug-likeness (QED) is 0.698. The predicted molar refractivity (Wildman–Crippen MR) is 91.7 cm³/mol. The van der Waals surface area contributed by atoms with E-state index in [4.69, 9.17) is 0 Å². The van der Waals surface area contributed by atoms with Crippen molar-refractivity contribution < 1.29 is 9.59 Å². The van der Waals surface area contributed by atoms with Gasteiger partial charge in [0.2, 0.25) is 0 Å². The summed E-state index contributed by atoms with van der Waals surface area (Å²) in [4.78, 5) is 23.8. The molecule has 0 aromatic heterocycles. The number of hydrogen-bond acceptors (Lipinski definition) is 3. The molecule has 0 spiro atoms. The molecule has 6 heteroatoms. The van der Waals surface area contributed by atoms with Crippen LogP contribution in [0.15, 0.2) is 24.3 Å². The lowest BCUT2D eigenvalue weighted by atomic mass is 9.97. The van der Waals surface area contributed by atoms with Crippen LogP contribution in [-0.2, 0) is 0 Å². The highest BCUT2D eigenvalue weighted by atomic mass is 35.5. The second kappa shape index (κ2) is 9.43. The number of amides is 2. The maximum atomic E-state index is 12.0. The maximum absolute atomic E-state index is 12.0. The van der Waals surface area contributed by atoms with E-state index >= 15 is 0 Å². The van der Waals surface area contributed by atoms with Gasteiger partial charge in [0.15, 0.2) is 0 Å². The van der Waals surface area contributed by atoms with Gasteiger partial charge in [-0.3, -0.25) is 9.59 Å². The summed E-state index contributed by atoms with van der Waals surface area (Å²) in [6.45, 7) is 8.09. The Kier molecular flexibility index (Phi) is 8.75. The summed E-state index contributed by atoms with van der Waals surface area (Å²) in [6.07, 6.45) is 0. The van der Waals surface area contributed by atoms with Gasteiger partial charge in [-0.05, 0) is 36.7 Å². The first kappa shape index (κ1) is 20.4. The zero-order chi connectivity index (χ0) is 15.9. The lowest BCUT2D eigenvalue weighted by Crippen LogP contribution is -2.32. The number of hydrogen-bond donors (Lipinski definition) is 3. The normalized spacial score (nSPS) is 10.5. The minimum absolute atomic E-state index is 0. The van der Waals surface area contributed by atoms with Gasteiger partial charge in [0, 0.05) is 30.8 Å². The van der Waals surface area contributed by atoms with Gasteiger partial charge < -0.3 is 16.0 Å². The molecule has 0 fully saturated rings. The van der Waals surface area contributed by atoms with Crippen LogP contribution in [0.3, 0.4) is 0 Å². The molecule has 1 aromatic rings. The maximum Gasteiger partial charge on any atom is 0.251 e. The van der Waals surface area contributed by atoms with E-state index in [1.54, 1.807) is 24.3 Å². The van der Waals surface area contributed by atoms with Crippen LogP contribution in [0.2, 0.25) is 0 Å². The Morgan fingerprint density at radius 3 is 1.77 bits per heavy atom. The van der Waals surface area contributed by atoms with Gasteiger partial charge in [-0.2, -0.15) is 0 Å². The fourth-order valence-electron chi connectivity index (χ4n) is 1.62. The molecule has 1 rings (SSSR count). The molecule has 0 atom stereocenters. The molecular formula is C16H26ClN3O2. The highest BCUT2D eigenvalue weighted by molar-refractivity contribution is 5.97. The molecule has 2 amide bonds. The Balaban J connectivity index is 0.00000441. The summed E-state index contributed by atoms with van der Waals surface area (Å²) in [5.74, 6) is -0.251. The van der Waals surface area contributed by atoms with E-state index < -0.39 is 0 Å². The van der Waals surface area contributed by atoms with E-state index in [9.17, 15) is 9.59 Å². The fourth-order valence-corrected chi connectivity index (χ4v) is 1.62. The molecule has 0 heterocycles. The Labute approximate surface area is 138 Å². The SMILES string of the molecule is CNCCNC(=O)c1ccc(C(=O)NCC(C)(C)C)cc1.Cl. The van der Waals surface area contributed by atoms with Crippen molar-refractivity contribution >= 4 is 24.2 Å². The molecule has 3 N–H and O–H groups in total. The van der Waals surface area contributed by atoms with Gasteiger partial charge in [0.25, 0.3) is 11.8 Å². The Morgan fingerprint density at radius 2 is 1.36 bits per heavy atom. The summed E-state index contributed by atoms with van der Waals surface area (Å²) in [7, 11) is 1.83. The van der Waals surface area contributed by atoms with Crippen LogP contribution in [-0.4, -0.2) is 38.5 Å². The first-order valence-electron chi connectivity index (χ1n) is 7.14. The van der Waals surface area contributed by atoms with E-state index in [0.29, 0.717) is 24.2 Å². The van der Waals surface area contributed by atoms with Crippen molar-refractivity contribution in [2.24, 2.45) is 5.41 Å². The highest BCUT2D eigenvalue weighted by Gasteiger charge is 2.13. The Morgan fingerprint density at radius 1 is 0.909 bits per heavy atom. The molecule has 1 aromatic carbocycles. The number of nitrogens with one attached hydrogen (secondary N) is 3. The fraction of sp³-hybridized carbons (Fsp3) is 0.500. The Bertz CT molecular complexity index is 481. The van der Waals surface area contributed by atoms with Crippen LogP contribution < -0.4 is 16.0 Å². The van der Waals surface area contributed by atoms with Crippen LogP contribution in [0.4, 0.5) is 0 Å². The molecule has 0 aliphatic rings. The number of carbonyl (C=O) groups is 2. The number of halogens is 1. The van der Waals surface area contributed by atoms with Crippen LogP contribution in [0.25, 0.3) is 0 Å². The van der Waals surface area contributed by atoms with Crippen molar-refractivity contribution in [2.45, 2.75) is 20.8 Å². The lowest BCUT2D eigenvalue weighted by molar-refractivity contribution is 0.0933. The molecule has 0 bridgehead atoms. The van der Waals surface area contributed by atoms with Crippen molar-refractivity contribution in [1.29, 1.82) is 0 Å². The zero-order valence-corrected chi connectivity index (χ0v) is 14.5.